The summed E-state index contributed by atoms with van der Waals surface area (Å²) in [5, 5.41) is 10.9. The average molecular weight is 269 g/mol. The van der Waals surface area contributed by atoms with Crippen molar-refractivity contribution >= 4 is 17.6 Å². The van der Waals surface area contributed by atoms with Crippen LogP contribution in [0.3, 0.4) is 0 Å². The van der Waals surface area contributed by atoms with Gasteiger partial charge in [0.15, 0.2) is 0 Å². The first-order valence-electron chi connectivity index (χ1n) is 5.77. The first-order valence-corrected chi connectivity index (χ1v) is 6.15. The molecule has 1 atom stereocenters. The van der Waals surface area contributed by atoms with Crippen molar-refractivity contribution in [2.45, 2.75) is 25.9 Å². The van der Waals surface area contributed by atoms with Crippen molar-refractivity contribution in [3.63, 3.8) is 0 Å². The molecule has 1 N–H and O–H groups in total. The molecule has 0 bridgehead atoms. The molecule has 0 aliphatic rings. The Balaban J connectivity index is 2.67. The lowest BCUT2D eigenvalue weighted by Gasteiger charge is -2.22. The van der Waals surface area contributed by atoms with E-state index >= 15 is 0 Å². The van der Waals surface area contributed by atoms with Crippen LogP contribution in [0.25, 0.3) is 0 Å². The van der Waals surface area contributed by atoms with Gasteiger partial charge in [-0.15, -0.1) is 0 Å². The molecule has 0 aromatic heterocycles. The monoisotopic (exact) mass is 268 g/mol. The van der Waals surface area contributed by atoms with Crippen LogP contribution >= 0.6 is 11.6 Å². The van der Waals surface area contributed by atoms with Crippen molar-refractivity contribution in [1.29, 1.82) is 0 Å². The number of hydrogen-bond acceptors (Lipinski definition) is 3. The minimum absolute atomic E-state index is 0.312. The summed E-state index contributed by atoms with van der Waals surface area (Å²) in [6.45, 7) is 3.76. The van der Waals surface area contributed by atoms with E-state index in [1.54, 1.807) is 44.2 Å². The number of halogens is 1. The maximum atomic E-state index is 11.1. The minimum Gasteiger partial charge on any atom is -0.463 e. The van der Waals surface area contributed by atoms with Gasteiger partial charge in [0.1, 0.15) is 0 Å². The summed E-state index contributed by atoms with van der Waals surface area (Å²) in [6.07, 6.45) is 3.23. The fourth-order valence-corrected chi connectivity index (χ4v) is 1.71. The Hall–Kier alpha value is -1.32. The Kier molecular flexibility index (Phi) is 5.38. The van der Waals surface area contributed by atoms with E-state index in [1.165, 1.54) is 6.08 Å². The van der Waals surface area contributed by atoms with Crippen LogP contribution in [0.2, 0.25) is 5.02 Å². The molecule has 0 fully saturated rings. The Morgan fingerprint density at radius 1 is 1.56 bits per heavy atom. The Morgan fingerprint density at radius 2 is 2.28 bits per heavy atom. The lowest BCUT2D eigenvalue weighted by molar-refractivity contribution is -0.137. The standard InChI is InChI=1S/C14H17ClO3/c1-3-18-13(16)8-5-9-14(2,17)11-6-4-7-12(15)10-11/h4-8,10,17H,3,9H2,1-2H3/b8-5+/t14-/m1/s1. The number of carbonyl (C=O) groups is 1. The van der Waals surface area contributed by atoms with E-state index in [4.69, 9.17) is 16.3 Å². The van der Waals surface area contributed by atoms with Crippen molar-refractivity contribution in [1.82, 2.24) is 0 Å². The quantitative estimate of drug-likeness (QED) is 0.659. The smallest absolute Gasteiger partial charge is 0.330 e. The molecule has 0 heterocycles. The summed E-state index contributed by atoms with van der Waals surface area (Å²) < 4.78 is 4.75. The highest BCUT2D eigenvalue weighted by molar-refractivity contribution is 6.30. The number of hydrogen-bond donors (Lipinski definition) is 1. The summed E-state index contributed by atoms with van der Waals surface area (Å²) in [5.41, 5.74) is -0.350. The normalized spacial score (nSPS) is 14.4. The van der Waals surface area contributed by atoms with Gasteiger partial charge in [-0.1, -0.05) is 29.8 Å². The molecule has 0 saturated heterocycles. The molecular formula is C14H17ClO3. The number of ether oxygens (including phenoxy) is 1. The van der Waals surface area contributed by atoms with Gasteiger partial charge in [-0.2, -0.15) is 0 Å². The maximum Gasteiger partial charge on any atom is 0.330 e. The molecule has 4 heteroatoms. The largest absolute Gasteiger partial charge is 0.463 e. The predicted octanol–water partition coefficient (Wildman–Crippen LogP) is 3.06. The van der Waals surface area contributed by atoms with Gasteiger partial charge in [0.05, 0.1) is 12.2 Å². The summed E-state index contributed by atoms with van der Waals surface area (Å²) in [5.74, 6) is -0.403. The lowest BCUT2D eigenvalue weighted by atomic mass is 9.92. The number of aliphatic hydroxyl groups is 1. The van der Waals surface area contributed by atoms with Gasteiger partial charge in [-0.05, 0) is 38.0 Å². The van der Waals surface area contributed by atoms with E-state index < -0.39 is 11.6 Å². The van der Waals surface area contributed by atoms with Crippen molar-refractivity contribution in [3.05, 3.63) is 47.0 Å². The Labute approximate surface area is 112 Å². The van der Waals surface area contributed by atoms with Crippen molar-refractivity contribution in [2.75, 3.05) is 6.61 Å². The summed E-state index contributed by atoms with van der Waals surface area (Å²) >= 11 is 5.87. The zero-order chi connectivity index (χ0) is 13.6. The van der Waals surface area contributed by atoms with E-state index in [0.717, 1.165) is 0 Å². The van der Waals surface area contributed by atoms with Crippen molar-refractivity contribution in [2.24, 2.45) is 0 Å². The van der Waals surface area contributed by atoms with Crippen LogP contribution in [-0.2, 0) is 15.1 Å². The van der Waals surface area contributed by atoms with E-state index in [9.17, 15) is 9.90 Å². The molecule has 3 nitrogen and oxygen atoms in total. The average Bonchev–Trinajstić information content (AvgIpc) is 2.29. The predicted molar refractivity (Wildman–Crippen MR) is 71.4 cm³/mol. The summed E-state index contributed by atoms with van der Waals surface area (Å²) in [4.78, 5) is 11.1. The van der Waals surface area contributed by atoms with E-state index in [2.05, 4.69) is 0 Å². The number of esters is 1. The van der Waals surface area contributed by atoms with Gasteiger partial charge in [0.2, 0.25) is 0 Å². The lowest BCUT2D eigenvalue weighted by Crippen LogP contribution is -2.20. The summed E-state index contributed by atoms with van der Waals surface area (Å²) in [6, 6.07) is 7.03. The minimum atomic E-state index is -1.06. The second-order valence-electron chi connectivity index (χ2n) is 4.14. The van der Waals surface area contributed by atoms with Crippen LogP contribution in [0.1, 0.15) is 25.8 Å². The highest BCUT2D eigenvalue weighted by Crippen LogP contribution is 2.26. The third-order valence-electron chi connectivity index (χ3n) is 2.50. The molecule has 98 valence electrons. The van der Waals surface area contributed by atoms with Gasteiger partial charge < -0.3 is 9.84 Å². The van der Waals surface area contributed by atoms with Crippen LogP contribution in [0.15, 0.2) is 36.4 Å². The topological polar surface area (TPSA) is 46.5 Å². The molecule has 1 rings (SSSR count). The van der Waals surface area contributed by atoms with Crippen molar-refractivity contribution < 1.29 is 14.6 Å². The molecule has 1 aromatic rings. The van der Waals surface area contributed by atoms with Crippen LogP contribution in [0.4, 0.5) is 0 Å². The first-order chi connectivity index (χ1) is 8.45. The zero-order valence-electron chi connectivity index (χ0n) is 10.5. The molecule has 0 unspecified atom stereocenters. The van der Waals surface area contributed by atoms with Crippen LogP contribution < -0.4 is 0 Å². The Bertz CT molecular complexity index is 438. The van der Waals surface area contributed by atoms with Gasteiger partial charge in [-0.25, -0.2) is 4.79 Å². The number of carbonyl (C=O) groups excluding carboxylic acids is 1. The van der Waals surface area contributed by atoms with Gasteiger partial charge in [0, 0.05) is 11.1 Å². The first kappa shape index (κ1) is 14.7. The third-order valence-corrected chi connectivity index (χ3v) is 2.74. The molecule has 18 heavy (non-hydrogen) atoms. The van der Waals surface area contributed by atoms with Gasteiger partial charge >= 0.3 is 5.97 Å². The van der Waals surface area contributed by atoms with Gasteiger partial charge in [0.25, 0.3) is 0 Å². The summed E-state index contributed by atoms with van der Waals surface area (Å²) in [7, 11) is 0. The van der Waals surface area contributed by atoms with Crippen LogP contribution in [0, 0.1) is 0 Å². The fraction of sp³-hybridized carbons (Fsp3) is 0.357. The van der Waals surface area contributed by atoms with Crippen molar-refractivity contribution in [3.8, 4) is 0 Å². The molecule has 0 amide bonds. The second-order valence-corrected chi connectivity index (χ2v) is 4.58. The molecular weight excluding hydrogens is 252 g/mol. The van der Waals surface area contributed by atoms with Gasteiger partial charge in [-0.3, -0.25) is 0 Å². The van der Waals surface area contributed by atoms with Crippen LogP contribution in [-0.4, -0.2) is 17.7 Å². The molecule has 1 aromatic carbocycles. The van der Waals surface area contributed by atoms with E-state index in [0.29, 0.717) is 23.6 Å². The SMILES string of the molecule is CCOC(=O)/C=C/C[C@@](C)(O)c1cccc(Cl)c1. The highest BCUT2D eigenvalue weighted by Gasteiger charge is 2.21. The fourth-order valence-electron chi connectivity index (χ4n) is 1.52. The molecule has 0 aliphatic heterocycles. The van der Waals surface area contributed by atoms with E-state index in [-0.39, 0.29) is 0 Å². The molecule has 0 spiro atoms. The molecule has 0 radical (unpaired) electrons. The third kappa shape index (κ3) is 4.51. The second kappa shape index (κ2) is 6.57. The van der Waals surface area contributed by atoms with E-state index in [1.807, 2.05) is 0 Å². The zero-order valence-corrected chi connectivity index (χ0v) is 11.3. The number of benzene rings is 1. The Morgan fingerprint density at radius 3 is 2.89 bits per heavy atom. The maximum absolute atomic E-state index is 11.1. The highest BCUT2D eigenvalue weighted by atomic mass is 35.5. The molecule has 0 aliphatic carbocycles. The molecule has 0 saturated carbocycles. The van der Waals surface area contributed by atoms with Crippen LogP contribution in [0.5, 0.6) is 0 Å². The number of rotatable bonds is 5.